The van der Waals surface area contributed by atoms with Crippen LogP contribution < -0.4 is 5.01 Å². The van der Waals surface area contributed by atoms with Crippen molar-refractivity contribution in [1.29, 1.82) is 0 Å². The third-order valence-corrected chi connectivity index (χ3v) is 5.97. The van der Waals surface area contributed by atoms with E-state index < -0.39 is 0 Å². The van der Waals surface area contributed by atoms with Crippen molar-refractivity contribution in [3.05, 3.63) is 96.6 Å². The molecule has 0 spiro atoms. The zero-order valence-corrected chi connectivity index (χ0v) is 18.8. The van der Waals surface area contributed by atoms with Gasteiger partial charge in [0.2, 0.25) is 0 Å². The van der Waals surface area contributed by atoms with E-state index in [0.29, 0.717) is 0 Å². The molecule has 0 fully saturated rings. The first-order chi connectivity index (χ1) is 15.1. The molecular weight excluding hydrogens is 418 g/mol. The summed E-state index contributed by atoms with van der Waals surface area (Å²) < 4.78 is 2.22. The lowest BCUT2D eigenvalue weighted by atomic mass is 10.1. The molecule has 5 aromatic rings. The average Bonchev–Trinajstić information content (AvgIpc) is 3.06. The third-order valence-electron chi connectivity index (χ3n) is 5.41. The smallest absolute Gasteiger partial charge is 0.0663 e. The molecule has 0 radical (unpaired) electrons. The lowest BCUT2D eigenvalue weighted by molar-refractivity contribution is 1.01. The summed E-state index contributed by atoms with van der Waals surface area (Å²) >= 11 is 9.03. The van der Waals surface area contributed by atoms with E-state index in [1.54, 1.807) is 0 Å². The molecule has 0 aliphatic rings. The van der Waals surface area contributed by atoms with Crippen molar-refractivity contribution >= 4 is 64.7 Å². The fraction of sp³-hybridized carbons (Fsp3) is 0.0385. The summed E-state index contributed by atoms with van der Waals surface area (Å²) in [6.07, 6.45) is 1.90. The number of rotatable bonds is 4. The number of thiol groups is 2. The first kappa shape index (κ1) is 19.8. The number of hydrogen-bond acceptors (Lipinski definition) is 4. The predicted molar refractivity (Wildman–Crippen MR) is 138 cm³/mol. The van der Waals surface area contributed by atoms with Gasteiger partial charge in [0, 0.05) is 38.6 Å². The third kappa shape index (κ3) is 3.82. The highest BCUT2D eigenvalue weighted by atomic mass is 32.1. The molecule has 1 heterocycles. The number of aromatic nitrogens is 1. The summed E-state index contributed by atoms with van der Waals surface area (Å²) in [7, 11) is 2.10. The van der Waals surface area contributed by atoms with Crippen molar-refractivity contribution in [2.45, 2.75) is 9.79 Å². The lowest BCUT2D eigenvalue weighted by Crippen LogP contribution is -2.09. The van der Waals surface area contributed by atoms with E-state index in [9.17, 15) is 0 Å². The number of benzene rings is 4. The number of hydrazone groups is 1. The SMILES string of the molecule is Cn1c2ccc(S)cc2c2cc(C=NN(c3ccccc3)c3cccc(S)c3)ccc21. The molecular formula is C26H21N3S2. The van der Waals surface area contributed by atoms with Gasteiger partial charge in [0.15, 0.2) is 0 Å². The van der Waals surface area contributed by atoms with Crippen LogP contribution >= 0.6 is 25.3 Å². The van der Waals surface area contributed by atoms with E-state index in [1.807, 2.05) is 71.9 Å². The zero-order chi connectivity index (χ0) is 21.4. The second-order valence-corrected chi connectivity index (χ2v) is 8.48. The molecule has 0 amide bonds. The highest BCUT2D eigenvalue weighted by Gasteiger charge is 2.10. The van der Waals surface area contributed by atoms with Crippen LogP contribution in [-0.4, -0.2) is 10.8 Å². The van der Waals surface area contributed by atoms with E-state index in [0.717, 1.165) is 26.7 Å². The summed E-state index contributed by atoms with van der Waals surface area (Å²) in [5.41, 5.74) is 5.37. The molecule has 0 atom stereocenters. The topological polar surface area (TPSA) is 20.5 Å². The molecule has 4 aromatic carbocycles. The molecule has 0 aliphatic heterocycles. The second kappa shape index (κ2) is 8.17. The molecule has 0 saturated heterocycles. The van der Waals surface area contributed by atoms with Crippen molar-refractivity contribution in [3.63, 3.8) is 0 Å². The van der Waals surface area contributed by atoms with Crippen LogP contribution in [-0.2, 0) is 7.05 Å². The van der Waals surface area contributed by atoms with Crippen LogP contribution in [0.5, 0.6) is 0 Å². The standard InChI is InChI=1S/C26H21N3S2/c1-28-25-12-10-18(14-23(25)24-16-22(31)11-13-26(24)28)17-27-29(19-6-3-2-4-7-19)20-8-5-9-21(30)15-20/h2-17,30-31H,1H3. The van der Waals surface area contributed by atoms with Gasteiger partial charge in [0.05, 0.1) is 17.6 Å². The van der Waals surface area contributed by atoms with Gasteiger partial charge in [-0.05, 0) is 66.2 Å². The second-order valence-electron chi connectivity index (χ2n) is 7.45. The van der Waals surface area contributed by atoms with Gasteiger partial charge >= 0.3 is 0 Å². The van der Waals surface area contributed by atoms with Gasteiger partial charge in [-0.2, -0.15) is 5.10 Å². The van der Waals surface area contributed by atoms with Crippen molar-refractivity contribution in [3.8, 4) is 0 Å². The van der Waals surface area contributed by atoms with Crippen molar-refractivity contribution in [1.82, 2.24) is 4.57 Å². The summed E-state index contributed by atoms with van der Waals surface area (Å²) in [6, 6.07) is 30.8. The Morgan fingerprint density at radius 1 is 0.710 bits per heavy atom. The maximum Gasteiger partial charge on any atom is 0.0663 e. The molecule has 0 unspecified atom stereocenters. The number of nitrogens with zero attached hydrogens (tertiary/aromatic N) is 3. The quantitative estimate of drug-likeness (QED) is 0.174. The normalized spacial score (nSPS) is 11.6. The van der Waals surface area contributed by atoms with E-state index >= 15 is 0 Å². The first-order valence-corrected chi connectivity index (χ1v) is 10.9. The molecule has 31 heavy (non-hydrogen) atoms. The van der Waals surface area contributed by atoms with Crippen LogP contribution in [0.1, 0.15) is 5.56 Å². The average molecular weight is 440 g/mol. The van der Waals surface area contributed by atoms with Crippen molar-refractivity contribution < 1.29 is 0 Å². The molecule has 5 heteroatoms. The van der Waals surface area contributed by atoms with Crippen LogP contribution in [0.4, 0.5) is 11.4 Å². The fourth-order valence-electron chi connectivity index (χ4n) is 3.90. The summed E-state index contributed by atoms with van der Waals surface area (Å²) in [5.74, 6) is 0. The van der Waals surface area contributed by atoms with Gasteiger partial charge in [-0.1, -0.05) is 30.3 Å². The van der Waals surface area contributed by atoms with Crippen LogP contribution in [0.2, 0.25) is 0 Å². The van der Waals surface area contributed by atoms with Crippen LogP contribution in [0.3, 0.4) is 0 Å². The van der Waals surface area contributed by atoms with Crippen molar-refractivity contribution in [2.24, 2.45) is 12.1 Å². The molecule has 1 aromatic heterocycles. The summed E-state index contributed by atoms with van der Waals surface area (Å²) in [4.78, 5) is 1.86. The van der Waals surface area contributed by atoms with Gasteiger partial charge in [0.1, 0.15) is 0 Å². The Balaban J connectivity index is 1.60. The van der Waals surface area contributed by atoms with Gasteiger partial charge < -0.3 is 4.57 Å². The van der Waals surface area contributed by atoms with Gasteiger partial charge in [-0.3, -0.25) is 0 Å². The van der Waals surface area contributed by atoms with Gasteiger partial charge in [0.25, 0.3) is 0 Å². The van der Waals surface area contributed by atoms with E-state index in [4.69, 9.17) is 5.10 Å². The monoisotopic (exact) mass is 439 g/mol. The Morgan fingerprint density at radius 3 is 2.16 bits per heavy atom. The van der Waals surface area contributed by atoms with Crippen LogP contribution in [0, 0.1) is 0 Å². The number of aryl methyl sites for hydroxylation is 1. The van der Waals surface area contributed by atoms with E-state index in [2.05, 4.69) is 67.2 Å². The van der Waals surface area contributed by atoms with Gasteiger partial charge in [-0.25, -0.2) is 5.01 Å². The Kier molecular flexibility index (Phi) is 5.22. The molecule has 5 rings (SSSR count). The van der Waals surface area contributed by atoms with E-state index in [1.165, 1.54) is 21.8 Å². The number of fused-ring (bicyclic) bond motifs is 3. The minimum atomic E-state index is 0.897. The first-order valence-electron chi connectivity index (χ1n) is 9.99. The lowest BCUT2D eigenvalue weighted by Gasteiger charge is -2.19. The Labute approximate surface area is 192 Å². The minimum Gasteiger partial charge on any atom is -0.344 e. The van der Waals surface area contributed by atoms with Crippen LogP contribution in [0.25, 0.3) is 21.8 Å². The molecule has 0 saturated carbocycles. The summed E-state index contributed by atoms with van der Waals surface area (Å²) in [6.45, 7) is 0. The highest BCUT2D eigenvalue weighted by molar-refractivity contribution is 7.80. The molecule has 0 aliphatic carbocycles. The number of anilines is 2. The predicted octanol–water partition coefficient (Wildman–Crippen LogP) is 7.08. The highest BCUT2D eigenvalue weighted by Crippen LogP contribution is 2.31. The molecule has 3 nitrogen and oxygen atoms in total. The Morgan fingerprint density at radius 2 is 1.39 bits per heavy atom. The fourth-order valence-corrected chi connectivity index (χ4v) is 4.33. The largest absolute Gasteiger partial charge is 0.344 e. The molecule has 0 N–H and O–H groups in total. The Bertz CT molecular complexity index is 1420. The summed E-state index contributed by atoms with van der Waals surface area (Å²) in [5, 5.41) is 9.16. The van der Waals surface area contributed by atoms with E-state index in [-0.39, 0.29) is 0 Å². The maximum atomic E-state index is 4.84. The van der Waals surface area contributed by atoms with Gasteiger partial charge in [-0.15, -0.1) is 25.3 Å². The number of hydrogen-bond donors (Lipinski definition) is 2. The molecule has 152 valence electrons. The molecule has 0 bridgehead atoms. The minimum absolute atomic E-state index is 0.897. The number of para-hydroxylation sites is 1. The Hall–Kier alpha value is -3.15. The van der Waals surface area contributed by atoms with Crippen LogP contribution in [0.15, 0.2) is 106 Å². The maximum absolute atomic E-state index is 4.84. The van der Waals surface area contributed by atoms with Crippen molar-refractivity contribution in [2.75, 3.05) is 5.01 Å². The zero-order valence-electron chi connectivity index (χ0n) is 17.0.